The number of imide groups is 2. The Morgan fingerprint density at radius 2 is 1.42 bits per heavy atom. The maximum absolute atomic E-state index is 14.7. The lowest BCUT2D eigenvalue weighted by Crippen LogP contribution is -2.66. The van der Waals surface area contributed by atoms with E-state index < -0.39 is 35.1 Å². The number of aromatic hydroxyl groups is 1. The second-order valence-electron chi connectivity index (χ2n) is 18.8. The highest BCUT2D eigenvalue weighted by Gasteiger charge is 2.53. The zero-order valence-electron chi connectivity index (χ0n) is 36.3. The number of rotatable bonds is 8. The van der Waals surface area contributed by atoms with Crippen LogP contribution in [0.1, 0.15) is 84.1 Å². The van der Waals surface area contributed by atoms with Crippen molar-refractivity contribution in [3.8, 4) is 17.0 Å². The lowest BCUT2D eigenvalue weighted by molar-refractivity contribution is -0.156. The molecule has 6 amide bonds. The molecule has 0 bridgehead atoms. The summed E-state index contributed by atoms with van der Waals surface area (Å²) in [6, 6.07) is 23.2. The fourth-order valence-corrected chi connectivity index (χ4v) is 11.2. The molecule has 5 fully saturated rings. The van der Waals surface area contributed by atoms with E-state index in [1.165, 1.54) is 0 Å². The number of fused-ring (bicyclic) bond motifs is 1. The number of likely N-dealkylation sites (tertiary alicyclic amines) is 2. The van der Waals surface area contributed by atoms with Gasteiger partial charge in [-0.2, -0.15) is 0 Å². The van der Waals surface area contributed by atoms with Crippen molar-refractivity contribution in [3.05, 3.63) is 95.6 Å². The van der Waals surface area contributed by atoms with Crippen LogP contribution in [0.2, 0.25) is 0 Å². The van der Waals surface area contributed by atoms with E-state index in [-0.39, 0.29) is 52.9 Å². The number of phenolic OH excluding ortho intramolecular Hbond substituents is 1. The van der Waals surface area contributed by atoms with Crippen LogP contribution < -0.4 is 20.9 Å². The number of piperidine rings is 4. The summed E-state index contributed by atoms with van der Waals surface area (Å²) in [6.07, 6.45) is 5.24. The number of nitrogen functional groups attached to an aromatic ring is 1. The summed E-state index contributed by atoms with van der Waals surface area (Å²) in [7, 11) is 0. The smallest absolute Gasteiger partial charge is 0.262 e. The van der Waals surface area contributed by atoms with Gasteiger partial charge in [0.1, 0.15) is 11.8 Å². The van der Waals surface area contributed by atoms with Crippen LogP contribution in [-0.4, -0.2) is 124 Å². The molecule has 0 aliphatic carbocycles. The summed E-state index contributed by atoms with van der Waals surface area (Å²) in [5.74, 6) is -1.10. The number of benzene rings is 3. The predicted molar refractivity (Wildman–Crippen MR) is 241 cm³/mol. The molecule has 1 atom stereocenters. The first-order valence-electron chi connectivity index (χ1n) is 22.8. The van der Waals surface area contributed by atoms with Gasteiger partial charge < -0.3 is 30.4 Å². The number of nitrogens with zero attached hydrogens (tertiary/aromatic N) is 7. The number of aromatic nitrogens is 2. The lowest BCUT2D eigenvalue weighted by Gasteiger charge is -2.56. The molecule has 3 aromatic carbocycles. The van der Waals surface area contributed by atoms with E-state index in [4.69, 9.17) is 5.73 Å². The minimum absolute atomic E-state index is 0.00761. The first-order valence-corrected chi connectivity index (χ1v) is 22.8. The van der Waals surface area contributed by atoms with Crippen LogP contribution in [0.25, 0.3) is 11.3 Å². The van der Waals surface area contributed by atoms with Crippen molar-refractivity contribution in [3.63, 3.8) is 0 Å². The molecule has 5 saturated heterocycles. The van der Waals surface area contributed by atoms with E-state index in [0.717, 1.165) is 47.5 Å². The van der Waals surface area contributed by atoms with Gasteiger partial charge in [-0.1, -0.05) is 42.5 Å². The fourth-order valence-electron chi connectivity index (χ4n) is 11.2. The van der Waals surface area contributed by atoms with Crippen molar-refractivity contribution in [2.45, 2.75) is 69.2 Å². The molecule has 1 spiro atoms. The molecule has 0 saturated carbocycles. The number of phenols is 1. The molecule has 10 rings (SSSR count). The Labute approximate surface area is 376 Å². The largest absolute Gasteiger partial charge is 0.507 e. The van der Waals surface area contributed by atoms with Gasteiger partial charge in [-0.05, 0) is 92.8 Å². The third kappa shape index (κ3) is 7.61. The Balaban J connectivity index is 0.716. The van der Waals surface area contributed by atoms with Gasteiger partial charge in [0.2, 0.25) is 23.6 Å². The normalized spacial score (nSPS) is 21.9. The van der Waals surface area contributed by atoms with Crippen LogP contribution in [-0.2, 0) is 24.6 Å². The summed E-state index contributed by atoms with van der Waals surface area (Å²) in [5.41, 5.74) is 9.89. The van der Waals surface area contributed by atoms with E-state index >= 15 is 0 Å². The van der Waals surface area contributed by atoms with Crippen LogP contribution in [0.5, 0.6) is 5.75 Å². The van der Waals surface area contributed by atoms with E-state index in [0.29, 0.717) is 88.7 Å². The number of nitrogens with one attached hydrogen (secondary N) is 1. The number of hydrogen-bond acceptors (Lipinski definition) is 12. The Kier molecular flexibility index (Phi) is 10.8. The summed E-state index contributed by atoms with van der Waals surface area (Å²) >= 11 is 0. The predicted octanol–water partition coefficient (Wildman–Crippen LogP) is 4.13. The molecule has 6 aliphatic rings. The maximum Gasteiger partial charge on any atom is 0.262 e. The van der Waals surface area contributed by atoms with Gasteiger partial charge in [0.25, 0.3) is 11.8 Å². The number of carbonyl (C=O) groups is 6. The van der Waals surface area contributed by atoms with Crippen LogP contribution in [0.3, 0.4) is 0 Å². The van der Waals surface area contributed by atoms with Crippen molar-refractivity contribution >= 4 is 52.6 Å². The summed E-state index contributed by atoms with van der Waals surface area (Å²) in [5, 5.41) is 21.2. The number of nitrogens with two attached hydrogens (primary N) is 1. The van der Waals surface area contributed by atoms with Crippen molar-refractivity contribution in [1.29, 1.82) is 0 Å². The molecule has 4 aromatic rings. The summed E-state index contributed by atoms with van der Waals surface area (Å²) < 4.78 is 0. The minimum atomic E-state index is -1.00. The quantitative estimate of drug-likeness (QED) is 0.214. The van der Waals surface area contributed by atoms with E-state index in [1.54, 1.807) is 30.3 Å². The van der Waals surface area contributed by atoms with Crippen LogP contribution in [0, 0.1) is 11.3 Å². The first-order chi connectivity index (χ1) is 31.4. The van der Waals surface area contributed by atoms with Crippen molar-refractivity contribution in [2.24, 2.45) is 11.3 Å². The molecule has 6 aliphatic heterocycles. The highest BCUT2D eigenvalue weighted by Crippen LogP contribution is 2.46. The third-order valence-electron chi connectivity index (χ3n) is 15.1. The molecule has 7 heterocycles. The monoisotopic (exact) mass is 879 g/mol. The molecule has 4 N–H and O–H groups in total. The van der Waals surface area contributed by atoms with Gasteiger partial charge >= 0.3 is 0 Å². The standard InChI is InChI=1S/C49H53N9O7/c50-43-39(28-37(52-53-43)35-8-4-5-9-40(35)59)55-24-18-49(19-25-55,32-6-2-1-3-7-32)47(65)57-29-48(30-57)16-22-56(23-17-48)42(61)26-31-14-20-54(21-15-31)33-10-11-34-36(27-33)46(64)58(45(34)63)38-12-13-41(60)51-44(38)62/h1-11,27-28,31,38,59H,12-26,29-30H2,(H2,50,53)(H,51,60,62). The van der Waals surface area contributed by atoms with Crippen LogP contribution >= 0.6 is 0 Å². The van der Waals surface area contributed by atoms with Crippen LogP contribution in [0.15, 0.2) is 78.9 Å². The van der Waals surface area contributed by atoms with Gasteiger partial charge in [0, 0.05) is 81.9 Å². The molecule has 1 aromatic heterocycles. The molecule has 65 heavy (non-hydrogen) atoms. The molecular weight excluding hydrogens is 827 g/mol. The highest BCUT2D eigenvalue weighted by molar-refractivity contribution is 6.23. The topological polar surface area (TPSA) is 203 Å². The number of carbonyl (C=O) groups excluding carboxylic acids is 6. The fraction of sp³-hybridized carbons (Fsp3) is 0.429. The van der Waals surface area contributed by atoms with Crippen molar-refractivity contribution in [1.82, 2.24) is 30.2 Å². The minimum Gasteiger partial charge on any atom is -0.507 e. The zero-order valence-corrected chi connectivity index (χ0v) is 36.3. The average molecular weight is 880 g/mol. The zero-order chi connectivity index (χ0) is 45.0. The lowest BCUT2D eigenvalue weighted by atomic mass is 9.67. The van der Waals surface area contributed by atoms with Crippen LogP contribution in [0.4, 0.5) is 17.2 Å². The van der Waals surface area contributed by atoms with E-state index in [1.807, 2.05) is 46.2 Å². The Hall–Kier alpha value is -6.84. The van der Waals surface area contributed by atoms with Gasteiger partial charge in [-0.3, -0.25) is 39.0 Å². The second kappa shape index (κ2) is 16.6. The number of hydrogen-bond donors (Lipinski definition) is 3. The average Bonchev–Trinajstić information content (AvgIpc) is 3.56. The molecule has 16 nitrogen and oxygen atoms in total. The van der Waals surface area contributed by atoms with Gasteiger partial charge in [0.15, 0.2) is 5.82 Å². The second-order valence-corrected chi connectivity index (χ2v) is 18.8. The maximum atomic E-state index is 14.7. The summed E-state index contributed by atoms with van der Waals surface area (Å²) in [6.45, 7) is 5.34. The summed E-state index contributed by atoms with van der Waals surface area (Å²) in [4.78, 5) is 88.4. The molecular formula is C49H53N9O7. The van der Waals surface area contributed by atoms with E-state index in [2.05, 4.69) is 37.4 Å². The molecule has 16 heteroatoms. The Morgan fingerprint density at radius 1 is 0.723 bits per heavy atom. The molecule has 336 valence electrons. The van der Waals surface area contributed by atoms with Gasteiger partial charge in [0.05, 0.1) is 27.9 Å². The first kappa shape index (κ1) is 42.1. The van der Waals surface area contributed by atoms with Gasteiger partial charge in [-0.25, -0.2) is 0 Å². The van der Waals surface area contributed by atoms with Crippen molar-refractivity contribution in [2.75, 3.05) is 67.9 Å². The Morgan fingerprint density at radius 3 is 2.12 bits per heavy atom. The number of amides is 6. The number of para-hydroxylation sites is 1. The highest BCUT2D eigenvalue weighted by atomic mass is 16.3. The molecule has 1 unspecified atom stereocenters. The number of anilines is 3. The Bertz CT molecular complexity index is 2570. The van der Waals surface area contributed by atoms with E-state index in [9.17, 15) is 33.9 Å². The SMILES string of the molecule is Nc1nnc(-c2ccccc2O)cc1N1CCC(C(=O)N2CC3(CCN(C(=O)CC4CCN(c5ccc6c(c5)C(=O)N(C5CCC(=O)NC5=O)C6=O)CC4)CC3)C2)(c2ccccc2)CC1. The van der Waals surface area contributed by atoms with Crippen molar-refractivity contribution < 1.29 is 33.9 Å². The molecule has 0 radical (unpaired) electrons. The third-order valence-corrected chi connectivity index (χ3v) is 15.1. The van der Waals surface area contributed by atoms with Gasteiger partial charge in [-0.15, -0.1) is 10.2 Å².